The minimum absolute atomic E-state index is 0.676. The fourth-order valence-corrected chi connectivity index (χ4v) is 4.51. The van der Waals surface area contributed by atoms with E-state index in [1.54, 1.807) is 6.08 Å². The number of hydrogen-bond acceptors (Lipinski definition) is 5. The third kappa shape index (κ3) is 9.07. The highest BCUT2D eigenvalue weighted by Gasteiger charge is 2.20. The summed E-state index contributed by atoms with van der Waals surface area (Å²) in [5, 5.41) is 1.61. The van der Waals surface area contributed by atoms with Gasteiger partial charge in [-0.3, -0.25) is 0 Å². The minimum atomic E-state index is 0.676. The quantitative estimate of drug-likeness (QED) is 0.238. The minimum Gasteiger partial charge on any atom is -0.376 e. The molecule has 1 aliphatic rings. The summed E-state index contributed by atoms with van der Waals surface area (Å²) in [7, 11) is 3.49. The molecule has 0 unspecified atom stereocenters. The Kier molecular flexibility index (Phi) is 15.2. The van der Waals surface area contributed by atoms with E-state index < -0.39 is 0 Å². The average Bonchev–Trinajstić information content (AvgIpc) is 2.96. The fraction of sp³-hybridized carbons (Fsp3) is 0.406. The number of allylic oxidation sites excluding steroid dienone is 3. The molecule has 0 saturated carbocycles. The number of nitrogens with two attached hydrogens (primary N) is 1. The normalized spacial score (nSPS) is 13.1. The smallest absolute Gasteiger partial charge is 0.0738 e. The first-order valence-corrected chi connectivity index (χ1v) is 14.0. The highest BCUT2D eigenvalue weighted by molar-refractivity contribution is 6.35. The lowest BCUT2D eigenvalue weighted by atomic mass is 10.1. The van der Waals surface area contributed by atoms with Crippen LogP contribution in [-0.2, 0) is 0 Å². The third-order valence-corrected chi connectivity index (χ3v) is 6.63. The van der Waals surface area contributed by atoms with Gasteiger partial charge in [0, 0.05) is 68.3 Å². The highest BCUT2D eigenvalue weighted by atomic mass is 35.5. The predicted molar refractivity (Wildman–Crippen MR) is 170 cm³/mol. The molecule has 0 aliphatic carbocycles. The van der Waals surface area contributed by atoms with Gasteiger partial charge in [-0.05, 0) is 37.6 Å². The summed E-state index contributed by atoms with van der Waals surface area (Å²) in [6.45, 7) is 27.3. The van der Waals surface area contributed by atoms with E-state index in [1.807, 2.05) is 50.2 Å². The molecule has 208 valence electrons. The number of rotatable bonds is 11. The monoisotopic (exact) mass is 537 g/mol. The number of piperazine rings is 1. The zero-order valence-corrected chi connectivity index (χ0v) is 25.0. The number of aromatic nitrogens is 1. The average molecular weight is 538 g/mol. The maximum Gasteiger partial charge on any atom is 0.0738 e. The van der Waals surface area contributed by atoms with Gasteiger partial charge in [-0.15, -0.1) is 6.58 Å². The molecular formula is C32H48ClN5. The van der Waals surface area contributed by atoms with Crippen LogP contribution in [0.4, 0.5) is 0 Å². The largest absolute Gasteiger partial charge is 0.376 e. The topological polar surface area (TPSA) is 48.6 Å². The Morgan fingerprint density at radius 3 is 2.29 bits per heavy atom. The molecule has 2 N–H and O–H groups in total. The standard InChI is InChI=1S/C29H37ClN4.C2H6.CH5N/c1-7-10-11-22(4)33-15-17-34(18-16-33)23(5)25-12-13-26-27(30)20-28(31-29(26)19-25)24(9-3)21-32(6)14-8-2;2*1-2/h8-9,12-13,19-21H,2-5,7,10-11,14-18H2,1,6H3;1-2H3;2H2,1H3/b24-21+;;. The first-order chi connectivity index (χ1) is 18.4. The number of nitrogens with zero attached hydrogens (tertiary/aromatic N) is 4. The molecule has 1 aromatic heterocycles. The first-order valence-electron chi connectivity index (χ1n) is 13.6. The summed E-state index contributed by atoms with van der Waals surface area (Å²) in [5.41, 5.74) is 10.4. The highest BCUT2D eigenvalue weighted by Crippen LogP contribution is 2.30. The summed E-state index contributed by atoms with van der Waals surface area (Å²) >= 11 is 6.65. The molecule has 1 aromatic carbocycles. The van der Waals surface area contributed by atoms with Crippen LogP contribution < -0.4 is 5.73 Å². The van der Waals surface area contributed by atoms with E-state index >= 15 is 0 Å². The summed E-state index contributed by atoms with van der Waals surface area (Å²) in [6, 6.07) is 8.12. The second-order valence-corrected chi connectivity index (χ2v) is 9.24. The molecule has 5 nitrogen and oxygen atoms in total. The molecule has 2 aromatic rings. The van der Waals surface area contributed by atoms with Crippen LogP contribution in [0.15, 0.2) is 74.6 Å². The van der Waals surface area contributed by atoms with Gasteiger partial charge in [0.05, 0.1) is 16.2 Å². The predicted octanol–water partition coefficient (Wildman–Crippen LogP) is 7.43. The van der Waals surface area contributed by atoms with E-state index in [2.05, 4.69) is 60.9 Å². The second kappa shape index (κ2) is 17.5. The molecule has 1 saturated heterocycles. The summed E-state index contributed by atoms with van der Waals surface area (Å²) in [6.07, 6.45) is 9.16. The molecule has 6 heteroatoms. The van der Waals surface area contributed by atoms with Crippen molar-refractivity contribution < 1.29 is 0 Å². The maximum absolute atomic E-state index is 6.65. The first kappa shape index (κ1) is 33.0. The maximum atomic E-state index is 6.65. The molecule has 3 rings (SSSR count). The molecular weight excluding hydrogens is 490 g/mol. The summed E-state index contributed by atoms with van der Waals surface area (Å²) < 4.78 is 0. The number of fused-ring (bicyclic) bond motifs is 1. The van der Waals surface area contributed by atoms with Gasteiger partial charge in [0.1, 0.15) is 0 Å². The molecule has 0 atom stereocenters. The molecule has 1 fully saturated rings. The van der Waals surface area contributed by atoms with Crippen molar-refractivity contribution in [3.8, 4) is 0 Å². The SMILES string of the molecule is C=CCN(C)/C=C(\C=C)c1cc(Cl)c2ccc(C(=C)N3CCN(C(=C)CCCC)CC3)cc2n1.CC.CN. The van der Waals surface area contributed by atoms with Crippen LogP contribution in [0.25, 0.3) is 22.2 Å². The molecule has 0 amide bonds. The van der Waals surface area contributed by atoms with Crippen LogP contribution in [0.2, 0.25) is 5.02 Å². The van der Waals surface area contributed by atoms with E-state index in [0.29, 0.717) is 5.02 Å². The molecule has 1 aliphatic heterocycles. The number of pyridine rings is 1. The number of unbranched alkanes of at least 4 members (excludes halogenated alkanes) is 1. The zero-order chi connectivity index (χ0) is 28.7. The van der Waals surface area contributed by atoms with Crippen molar-refractivity contribution in [2.45, 2.75) is 40.0 Å². The lowest BCUT2D eigenvalue weighted by molar-refractivity contribution is 0.209. The Morgan fingerprint density at radius 1 is 1.08 bits per heavy atom. The van der Waals surface area contributed by atoms with E-state index in [0.717, 1.165) is 72.6 Å². The van der Waals surface area contributed by atoms with Crippen LogP contribution >= 0.6 is 11.6 Å². The Hall–Kier alpha value is -3.02. The van der Waals surface area contributed by atoms with Crippen molar-refractivity contribution in [1.29, 1.82) is 0 Å². The van der Waals surface area contributed by atoms with Gasteiger partial charge in [0.25, 0.3) is 0 Å². The van der Waals surface area contributed by atoms with E-state index in [4.69, 9.17) is 16.6 Å². The Balaban J connectivity index is 0.00000172. The van der Waals surface area contributed by atoms with Gasteiger partial charge in [-0.2, -0.15) is 0 Å². The van der Waals surface area contributed by atoms with Crippen molar-refractivity contribution in [1.82, 2.24) is 19.7 Å². The van der Waals surface area contributed by atoms with Gasteiger partial charge < -0.3 is 20.4 Å². The van der Waals surface area contributed by atoms with Crippen molar-refractivity contribution >= 4 is 33.8 Å². The Bertz CT molecular complexity index is 1100. The van der Waals surface area contributed by atoms with Crippen molar-refractivity contribution in [3.63, 3.8) is 0 Å². The fourth-order valence-electron chi connectivity index (χ4n) is 4.24. The van der Waals surface area contributed by atoms with E-state index in [9.17, 15) is 0 Å². The Morgan fingerprint density at radius 2 is 1.71 bits per heavy atom. The molecule has 0 radical (unpaired) electrons. The molecule has 38 heavy (non-hydrogen) atoms. The van der Waals surface area contributed by atoms with Gasteiger partial charge in [0.2, 0.25) is 0 Å². The van der Waals surface area contributed by atoms with Crippen molar-refractivity contribution in [2.75, 3.05) is 46.8 Å². The van der Waals surface area contributed by atoms with Crippen LogP contribution in [0.1, 0.15) is 51.3 Å². The van der Waals surface area contributed by atoms with Gasteiger partial charge in [-0.25, -0.2) is 4.98 Å². The number of likely N-dealkylation sites (N-methyl/N-ethyl adjacent to an activating group) is 1. The zero-order valence-electron chi connectivity index (χ0n) is 24.3. The van der Waals surface area contributed by atoms with Crippen molar-refractivity contribution in [2.24, 2.45) is 5.73 Å². The summed E-state index contributed by atoms with van der Waals surface area (Å²) in [5.74, 6) is 0. The summed E-state index contributed by atoms with van der Waals surface area (Å²) in [4.78, 5) is 11.7. The van der Waals surface area contributed by atoms with Gasteiger partial charge in [-0.1, -0.05) is 82.8 Å². The Labute approximate surface area is 236 Å². The number of halogens is 1. The lowest BCUT2D eigenvalue weighted by Crippen LogP contribution is -2.44. The van der Waals surface area contributed by atoms with Crippen molar-refractivity contribution in [3.05, 3.63) is 90.9 Å². The third-order valence-electron chi connectivity index (χ3n) is 6.31. The van der Waals surface area contributed by atoms with E-state index in [1.165, 1.54) is 25.6 Å². The number of benzene rings is 1. The number of hydrogen-bond donors (Lipinski definition) is 1. The molecule has 0 spiro atoms. The van der Waals surface area contributed by atoms with E-state index in [-0.39, 0.29) is 0 Å². The molecule has 2 heterocycles. The van der Waals surface area contributed by atoms with Crippen LogP contribution in [-0.4, -0.2) is 66.5 Å². The molecule has 0 bridgehead atoms. The van der Waals surface area contributed by atoms with Crippen LogP contribution in [0.3, 0.4) is 0 Å². The second-order valence-electron chi connectivity index (χ2n) is 8.83. The van der Waals surface area contributed by atoms with Crippen LogP contribution in [0.5, 0.6) is 0 Å². The van der Waals surface area contributed by atoms with Gasteiger partial charge in [0.15, 0.2) is 0 Å². The van der Waals surface area contributed by atoms with Crippen LogP contribution in [0, 0.1) is 0 Å². The lowest BCUT2D eigenvalue weighted by Gasteiger charge is -2.39. The van der Waals surface area contributed by atoms with Gasteiger partial charge >= 0.3 is 0 Å².